The number of fused-ring (bicyclic) bond motifs is 1. The highest BCUT2D eigenvalue weighted by Gasteiger charge is 2.38. The summed E-state index contributed by atoms with van der Waals surface area (Å²) in [7, 11) is 3.61. The van der Waals surface area contributed by atoms with Gasteiger partial charge in [-0.1, -0.05) is 17.7 Å². The predicted octanol–water partition coefficient (Wildman–Crippen LogP) is 3.46. The number of likely N-dealkylation sites (N-methyl/N-ethyl adjacent to an activating group) is 1. The number of amidine groups is 1. The molecule has 2 aromatic heterocycles. The third-order valence-corrected chi connectivity index (χ3v) is 5.29. The predicted molar refractivity (Wildman–Crippen MR) is 126 cm³/mol. The van der Waals surface area contributed by atoms with E-state index in [0.29, 0.717) is 27.6 Å². The number of esters is 1. The first-order chi connectivity index (χ1) is 15.0. The van der Waals surface area contributed by atoms with Gasteiger partial charge in [-0.15, -0.1) is 0 Å². The smallest absolute Gasteiger partial charge is 0.337 e. The van der Waals surface area contributed by atoms with Crippen LogP contribution >= 0.6 is 11.6 Å². The number of rotatable bonds is 3. The maximum atomic E-state index is 13.0. The number of carbonyl (C=O) groups is 1. The Morgan fingerprint density at radius 2 is 1.97 bits per heavy atom. The van der Waals surface area contributed by atoms with Gasteiger partial charge in [0.25, 0.3) is 0 Å². The van der Waals surface area contributed by atoms with Crippen LogP contribution in [-0.2, 0) is 16.6 Å². The summed E-state index contributed by atoms with van der Waals surface area (Å²) in [5, 5.41) is 5.87. The van der Waals surface area contributed by atoms with E-state index in [0.717, 1.165) is 10.9 Å². The van der Waals surface area contributed by atoms with Crippen LogP contribution < -0.4 is 5.73 Å². The van der Waals surface area contributed by atoms with Crippen molar-refractivity contribution in [2.45, 2.75) is 32.4 Å². The molecule has 166 valence electrons. The van der Waals surface area contributed by atoms with Gasteiger partial charge < -0.3 is 15.4 Å². The molecule has 32 heavy (non-hydrogen) atoms. The molecule has 0 bridgehead atoms. The summed E-state index contributed by atoms with van der Waals surface area (Å²) in [5.74, 6) is -0.341. The van der Waals surface area contributed by atoms with Crippen molar-refractivity contribution in [3.05, 3.63) is 59.0 Å². The molecule has 8 nitrogen and oxygen atoms in total. The molecule has 0 radical (unpaired) electrons. The maximum absolute atomic E-state index is 13.0. The van der Waals surface area contributed by atoms with E-state index in [2.05, 4.69) is 15.1 Å². The lowest BCUT2D eigenvalue weighted by Gasteiger charge is -2.36. The fourth-order valence-corrected chi connectivity index (χ4v) is 3.99. The van der Waals surface area contributed by atoms with E-state index < -0.39 is 17.6 Å². The Morgan fingerprint density at radius 3 is 2.62 bits per heavy atom. The maximum Gasteiger partial charge on any atom is 0.337 e. The first-order valence-corrected chi connectivity index (χ1v) is 10.5. The number of nitrogens with zero attached hydrogens (tertiary/aromatic N) is 5. The van der Waals surface area contributed by atoms with E-state index in [1.54, 1.807) is 22.8 Å². The minimum atomic E-state index is -0.889. The Balaban J connectivity index is 1.92. The first-order valence-electron chi connectivity index (χ1n) is 10.1. The van der Waals surface area contributed by atoms with Crippen LogP contribution in [0.25, 0.3) is 22.3 Å². The highest BCUT2D eigenvalue weighted by atomic mass is 35.5. The van der Waals surface area contributed by atoms with Crippen LogP contribution in [0.1, 0.15) is 32.0 Å². The highest BCUT2D eigenvalue weighted by molar-refractivity contribution is 6.35. The van der Waals surface area contributed by atoms with Crippen LogP contribution in [0.5, 0.6) is 0 Å². The van der Waals surface area contributed by atoms with Crippen LogP contribution in [-0.4, -0.2) is 50.2 Å². The second-order valence-corrected chi connectivity index (χ2v) is 9.10. The van der Waals surface area contributed by atoms with Crippen LogP contribution in [0.2, 0.25) is 5.02 Å². The Labute approximate surface area is 191 Å². The van der Waals surface area contributed by atoms with Crippen LogP contribution in [0, 0.1) is 0 Å². The van der Waals surface area contributed by atoms with Crippen molar-refractivity contribution < 1.29 is 9.53 Å². The summed E-state index contributed by atoms with van der Waals surface area (Å²) in [4.78, 5) is 23.8. The zero-order chi connectivity index (χ0) is 23.2. The SMILES string of the molecule is CN1C(c2cc(Cl)c3ncccc3c2)=C(c2ccn(C)n2)N=C(N)C1C(=O)OC(C)(C)C. The lowest BCUT2D eigenvalue weighted by Crippen LogP contribution is -2.51. The lowest BCUT2D eigenvalue weighted by molar-refractivity contribution is -0.157. The summed E-state index contributed by atoms with van der Waals surface area (Å²) >= 11 is 6.57. The second kappa shape index (κ2) is 7.94. The summed E-state index contributed by atoms with van der Waals surface area (Å²) < 4.78 is 7.30. The van der Waals surface area contributed by atoms with E-state index in [1.165, 1.54) is 0 Å². The lowest BCUT2D eigenvalue weighted by atomic mass is 10.0. The molecule has 1 unspecified atom stereocenters. The van der Waals surface area contributed by atoms with Crippen LogP contribution in [0.4, 0.5) is 0 Å². The molecule has 1 aliphatic heterocycles. The molecule has 0 fully saturated rings. The minimum absolute atomic E-state index is 0.139. The van der Waals surface area contributed by atoms with Crippen molar-refractivity contribution in [3.63, 3.8) is 0 Å². The third kappa shape index (κ3) is 4.05. The molecule has 2 N–H and O–H groups in total. The number of aliphatic imine (C=N–C) groups is 1. The second-order valence-electron chi connectivity index (χ2n) is 8.69. The number of aromatic nitrogens is 3. The molecule has 3 heterocycles. The number of ether oxygens (including phenoxy) is 1. The number of hydrogen-bond acceptors (Lipinski definition) is 7. The fourth-order valence-electron chi connectivity index (χ4n) is 3.72. The topological polar surface area (TPSA) is 98.6 Å². The van der Waals surface area contributed by atoms with Crippen molar-refractivity contribution >= 4 is 45.7 Å². The molecular weight excluding hydrogens is 428 g/mol. The fraction of sp³-hybridized carbons (Fsp3) is 0.304. The average Bonchev–Trinajstić information content (AvgIpc) is 3.12. The van der Waals surface area contributed by atoms with E-state index >= 15 is 0 Å². The third-order valence-electron chi connectivity index (χ3n) is 5.00. The van der Waals surface area contributed by atoms with Crippen molar-refractivity contribution in [2.24, 2.45) is 17.8 Å². The number of halogens is 1. The molecule has 0 aliphatic carbocycles. The van der Waals surface area contributed by atoms with Crippen molar-refractivity contribution in [3.8, 4) is 0 Å². The van der Waals surface area contributed by atoms with Gasteiger partial charge in [-0.05, 0) is 45.0 Å². The van der Waals surface area contributed by atoms with E-state index in [4.69, 9.17) is 22.1 Å². The Bertz CT molecular complexity index is 1270. The molecule has 0 spiro atoms. The molecule has 1 atom stereocenters. The minimum Gasteiger partial charge on any atom is -0.458 e. The summed E-state index contributed by atoms with van der Waals surface area (Å²) in [5.41, 5.74) is 8.93. The molecule has 0 amide bonds. The van der Waals surface area contributed by atoms with E-state index in [1.807, 2.05) is 64.3 Å². The van der Waals surface area contributed by atoms with Crippen molar-refractivity contribution in [1.29, 1.82) is 0 Å². The number of carbonyl (C=O) groups excluding carboxylic acids is 1. The normalized spacial score (nSPS) is 17.0. The highest BCUT2D eigenvalue weighted by Crippen LogP contribution is 2.37. The molecule has 1 aromatic carbocycles. The van der Waals surface area contributed by atoms with E-state index in [9.17, 15) is 4.79 Å². The molecule has 1 aliphatic rings. The standard InChI is InChI=1S/C23H25ClN6O2/c1-23(2,3)32-22(31)20-21(25)27-18(16-8-10-29(4)28-16)19(30(20)5)14-11-13-7-6-9-26-17(13)15(24)12-14/h6-12,20H,1-5H3,(H2,25,27). The zero-order valence-corrected chi connectivity index (χ0v) is 19.4. The number of benzene rings is 1. The Hall–Kier alpha value is -3.39. The van der Waals surface area contributed by atoms with Gasteiger partial charge in [-0.3, -0.25) is 9.67 Å². The van der Waals surface area contributed by atoms with Gasteiger partial charge in [-0.2, -0.15) is 5.10 Å². The Morgan fingerprint density at radius 1 is 1.22 bits per heavy atom. The zero-order valence-electron chi connectivity index (χ0n) is 18.6. The van der Waals surface area contributed by atoms with Gasteiger partial charge in [0.2, 0.25) is 0 Å². The summed E-state index contributed by atoms with van der Waals surface area (Å²) in [6, 6.07) is 8.52. The summed E-state index contributed by atoms with van der Waals surface area (Å²) in [6.45, 7) is 5.44. The quantitative estimate of drug-likeness (QED) is 0.611. The van der Waals surface area contributed by atoms with Gasteiger partial charge in [-0.25, -0.2) is 9.79 Å². The van der Waals surface area contributed by atoms with E-state index in [-0.39, 0.29) is 5.84 Å². The van der Waals surface area contributed by atoms with Gasteiger partial charge in [0.15, 0.2) is 6.04 Å². The van der Waals surface area contributed by atoms with Gasteiger partial charge in [0.1, 0.15) is 22.8 Å². The van der Waals surface area contributed by atoms with Gasteiger partial charge in [0.05, 0.1) is 16.2 Å². The van der Waals surface area contributed by atoms with Crippen LogP contribution in [0.15, 0.2) is 47.7 Å². The molecule has 3 aromatic rings. The van der Waals surface area contributed by atoms with Gasteiger partial charge >= 0.3 is 5.97 Å². The first kappa shape index (κ1) is 21.8. The molecular formula is C23H25ClN6O2. The average molecular weight is 453 g/mol. The number of nitrogens with two attached hydrogens (primary N) is 1. The van der Waals surface area contributed by atoms with Crippen molar-refractivity contribution in [1.82, 2.24) is 19.7 Å². The van der Waals surface area contributed by atoms with Crippen molar-refractivity contribution in [2.75, 3.05) is 7.05 Å². The number of aryl methyl sites for hydroxylation is 1. The number of hydrogen-bond donors (Lipinski definition) is 1. The number of pyridine rings is 1. The molecule has 0 saturated heterocycles. The molecule has 9 heteroatoms. The largest absolute Gasteiger partial charge is 0.458 e. The molecule has 0 saturated carbocycles. The Kier molecular flexibility index (Phi) is 5.42. The molecule has 4 rings (SSSR count). The summed E-state index contributed by atoms with van der Waals surface area (Å²) in [6.07, 6.45) is 3.52. The monoisotopic (exact) mass is 452 g/mol. The van der Waals surface area contributed by atoms with Gasteiger partial charge in [0, 0.05) is 37.4 Å². The van der Waals surface area contributed by atoms with Crippen LogP contribution in [0.3, 0.4) is 0 Å².